The summed E-state index contributed by atoms with van der Waals surface area (Å²) in [6.07, 6.45) is 3.28. The van der Waals surface area contributed by atoms with Crippen LogP contribution in [0.15, 0.2) is 41.4 Å². The van der Waals surface area contributed by atoms with Crippen LogP contribution in [0.2, 0.25) is 5.02 Å². The molecule has 1 aromatic carbocycles. The van der Waals surface area contributed by atoms with Gasteiger partial charge in [0, 0.05) is 19.3 Å². The van der Waals surface area contributed by atoms with E-state index in [2.05, 4.69) is 10.3 Å². The molecule has 1 fully saturated rings. The molecule has 0 saturated carbocycles. The van der Waals surface area contributed by atoms with Crippen molar-refractivity contribution in [1.29, 1.82) is 0 Å². The molecule has 1 saturated heterocycles. The van der Waals surface area contributed by atoms with E-state index in [0.717, 1.165) is 18.4 Å². The molecule has 0 atom stereocenters. The van der Waals surface area contributed by atoms with Crippen LogP contribution in [-0.4, -0.2) is 36.7 Å². The zero-order valence-electron chi connectivity index (χ0n) is 13.7. The molecule has 0 spiro atoms. The van der Waals surface area contributed by atoms with Crippen molar-refractivity contribution < 1.29 is 13.2 Å². The second kappa shape index (κ2) is 7.11. The van der Waals surface area contributed by atoms with E-state index in [1.807, 2.05) is 13.0 Å². The number of sulfonamides is 1. The summed E-state index contributed by atoms with van der Waals surface area (Å²) in [5, 5.41) is 2.83. The van der Waals surface area contributed by atoms with Crippen LogP contribution in [0.25, 0.3) is 0 Å². The van der Waals surface area contributed by atoms with Gasteiger partial charge in [0.1, 0.15) is 5.82 Å². The van der Waals surface area contributed by atoms with E-state index in [0.29, 0.717) is 18.9 Å². The van der Waals surface area contributed by atoms with Crippen molar-refractivity contribution >= 4 is 33.3 Å². The number of pyridine rings is 1. The standard InChI is InChI=1S/C17H18ClN3O3S/c1-12-6-7-19-16(10-12)20-17(22)14-11-13(4-5-15(14)18)25(23,24)21-8-2-3-9-21/h4-7,10-11H,2-3,8-9H2,1H3,(H,19,20,22). The number of carbonyl (C=O) groups excluding carboxylic acids is 1. The third kappa shape index (κ3) is 3.84. The number of halogens is 1. The lowest BCUT2D eigenvalue weighted by molar-refractivity contribution is 0.102. The van der Waals surface area contributed by atoms with Crippen LogP contribution in [0.1, 0.15) is 28.8 Å². The van der Waals surface area contributed by atoms with Gasteiger partial charge in [0.2, 0.25) is 10.0 Å². The number of hydrogen-bond donors (Lipinski definition) is 1. The molecule has 0 bridgehead atoms. The normalized spacial score (nSPS) is 15.3. The fraction of sp³-hybridized carbons (Fsp3) is 0.294. The van der Waals surface area contributed by atoms with Crippen molar-refractivity contribution in [3.8, 4) is 0 Å². The van der Waals surface area contributed by atoms with Gasteiger partial charge in [0.05, 0.1) is 15.5 Å². The summed E-state index contributed by atoms with van der Waals surface area (Å²) < 4.78 is 26.8. The molecule has 1 amide bonds. The number of nitrogens with one attached hydrogen (secondary N) is 1. The van der Waals surface area contributed by atoms with Crippen LogP contribution in [0.5, 0.6) is 0 Å². The third-order valence-corrected chi connectivity index (χ3v) is 6.27. The maximum Gasteiger partial charge on any atom is 0.258 e. The Balaban J connectivity index is 1.90. The molecule has 3 rings (SSSR count). The van der Waals surface area contributed by atoms with Gasteiger partial charge in [-0.05, 0) is 55.7 Å². The number of nitrogens with zero attached hydrogens (tertiary/aromatic N) is 2. The molecule has 1 aliphatic heterocycles. The fourth-order valence-electron chi connectivity index (χ4n) is 2.70. The van der Waals surface area contributed by atoms with Crippen LogP contribution in [0, 0.1) is 6.92 Å². The van der Waals surface area contributed by atoms with Crippen molar-refractivity contribution in [2.24, 2.45) is 0 Å². The molecule has 25 heavy (non-hydrogen) atoms. The van der Waals surface area contributed by atoms with E-state index in [1.165, 1.54) is 22.5 Å². The molecule has 0 aliphatic carbocycles. The first-order valence-electron chi connectivity index (χ1n) is 7.91. The number of aryl methyl sites for hydroxylation is 1. The second-order valence-electron chi connectivity index (χ2n) is 5.93. The Hall–Kier alpha value is -1.96. The molecule has 1 N–H and O–H groups in total. The van der Waals surface area contributed by atoms with Gasteiger partial charge in [0.25, 0.3) is 5.91 Å². The highest BCUT2D eigenvalue weighted by Gasteiger charge is 2.28. The molecule has 2 heterocycles. The molecule has 0 radical (unpaired) electrons. The highest BCUT2D eigenvalue weighted by Crippen LogP contribution is 2.25. The second-order valence-corrected chi connectivity index (χ2v) is 8.27. The summed E-state index contributed by atoms with van der Waals surface area (Å²) >= 11 is 6.11. The van der Waals surface area contributed by atoms with E-state index >= 15 is 0 Å². The number of hydrogen-bond acceptors (Lipinski definition) is 4. The average molecular weight is 380 g/mol. The Kier molecular flexibility index (Phi) is 5.08. The average Bonchev–Trinajstić information content (AvgIpc) is 3.10. The Bertz CT molecular complexity index is 909. The van der Waals surface area contributed by atoms with Crippen molar-refractivity contribution in [1.82, 2.24) is 9.29 Å². The predicted molar refractivity (Wildman–Crippen MR) is 96.4 cm³/mol. The van der Waals surface area contributed by atoms with Gasteiger partial charge in [-0.2, -0.15) is 4.31 Å². The third-order valence-electron chi connectivity index (χ3n) is 4.04. The first-order chi connectivity index (χ1) is 11.9. The van der Waals surface area contributed by atoms with Gasteiger partial charge in [-0.15, -0.1) is 0 Å². The molecule has 1 aliphatic rings. The van der Waals surface area contributed by atoms with Gasteiger partial charge in [-0.3, -0.25) is 4.79 Å². The maximum atomic E-state index is 12.7. The minimum Gasteiger partial charge on any atom is -0.307 e. The molecule has 6 nitrogen and oxygen atoms in total. The van der Waals surface area contributed by atoms with Crippen LogP contribution in [0.3, 0.4) is 0 Å². The van der Waals surface area contributed by atoms with Crippen molar-refractivity contribution in [3.63, 3.8) is 0 Å². The smallest absolute Gasteiger partial charge is 0.258 e. The van der Waals surface area contributed by atoms with Gasteiger partial charge in [0.15, 0.2) is 0 Å². The summed E-state index contributed by atoms with van der Waals surface area (Å²) in [4.78, 5) is 16.6. The van der Waals surface area contributed by atoms with Gasteiger partial charge in [-0.25, -0.2) is 13.4 Å². The zero-order valence-corrected chi connectivity index (χ0v) is 15.3. The molecule has 0 unspecified atom stereocenters. The van der Waals surface area contributed by atoms with Crippen molar-refractivity contribution in [2.75, 3.05) is 18.4 Å². The lowest BCUT2D eigenvalue weighted by atomic mass is 10.2. The highest BCUT2D eigenvalue weighted by atomic mass is 35.5. The molecule has 8 heteroatoms. The summed E-state index contributed by atoms with van der Waals surface area (Å²) in [5.41, 5.74) is 1.05. The predicted octanol–water partition coefficient (Wildman–Crippen LogP) is 3.08. The number of aromatic nitrogens is 1. The SMILES string of the molecule is Cc1ccnc(NC(=O)c2cc(S(=O)(=O)N3CCCC3)ccc2Cl)c1. The molecule has 132 valence electrons. The lowest BCUT2D eigenvalue weighted by Crippen LogP contribution is -2.28. The number of benzene rings is 1. The molecule has 2 aromatic rings. The quantitative estimate of drug-likeness (QED) is 0.885. The van der Waals surface area contributed by atoms with E-state index < -0.39 is 15.9 Å². The van der Waals surface area contributed by atoms with E-state index in [1.54, 1.807) is 12.3 Å². The number of amides is 1. The summed E-state index contributed by atoms with van der Waals surface area (Å²) in [6.45, 7) is 2.88. The van der Waals surface area contributed by atoms with Crippen LogP contribution in [-0.2, 0) is 10.0 Å². The Morgan fingerprint density at radius 2 is 1.92 bits per heavy atom. The monoisotopic (exact) mass is 379 g/mol. The molecule has 1 aromatic heterocycles. The highest BCUT2D eigenvalue weighted by molar-refractivity contribution is 7.89. The molecular weight excluding hydrogens is 362 g/mol. The first-order valence-corrected chi connectivity index (χ1v) is 9.73. The van der Waals surface area contributed by atoms with Crippen LogP contribution < -0.4 is 5.32 Å². The van der Waals surface area contributed by atoms with E-state index in [9.17, 15) is 13.2 Å². The largest absolute Gasteiger partial charge is 0.307 e. The van der Waals surface area contributed by atoms with Crippen molar-refractivity contribution in [3.05, 3.63) is 52.7 Å². The minimum absolute atomic E-state index is 0.0705. The maximum absolute atomic E-state index is 12.7. The number of anilines is 1. The van der Waals surface area contributed by atoms with Crippen LogP contribution >= 0.6 is 11.6 Å². The summed E-state index contributed by atoms with van der Waals surface area (Å²) in [7, 11) is -3.61. The number of rotatable bonds is 4. The van der Waals surface area contributed by atoms with Gasteiger partial charge >= 0.3 is 0 Å². The van der Waals surface area contributed by atoms with Gasteiger partial charge < -0.3 is 5.32 Å². The summed E-state index contributed by atoms with van der Waals surface area (Å²) in [5.74, 6) is -0.115. The van der Waals surface area contributed by atoms with Crippen molar-refractivity contribution in [2.45, 2.75) is 24.7 Å². The van der Waals surface area contributed by atoms with Gasteiger partial charge in [-0.1, -0.05) is 11.6 Å². The lowest BCUT2D eigenvalue weighted by Gasteiger charge is -2.16. The Labute approximate surface area is 151 Å². The zero-order chi connectivity index (χ0) is 18.0. The molecular formula is C17H18ClN3O3S. The summed E-state index contributed by atoms with van der Waals surface area (Å²) in [6, 6.07) is 7.71. The topological polar surface area (TPSA) is 79.4 Å². The first kappa shape index (κ1) is 17.8. The fourth-order valence-corrected chi connectivity index (χ4v) is 4.45. The van der Waals surface area contributed by atoms with E-state index in [4.69, 9.17) is 11.6 Å². The Morgan fingerprint density at radius 3 is 2.60 bits per heavy atom. The Morgan fingerprint density at radius 1 is 1.20 bits per heavy atom. The minimum atomic E-state index is -3.61. The van der Waals surface area contributed by atoms with E-state index in [-0.39, 0.29) is 15.5 Å². The number of carbonyl (C=O) groups is 1. The van der Waals surface area contributed by atoms with Crippen LogP contribution in [0.4, 0.5) is 5.82 Å².